The van der Waals surface area contributed by atoms with E-state index in [4.69, 9.17) is 5.21 Å². The van der Waals surface area contributed by atoms with Gasteiger partial charge in [-0.1, -0.05) is 54.2 Å². The molecule has 0 amide bonds. The van der Waals surface area contributed by atoms with Gasteiger partial charge in [-0.3, -0.25) is 0 Å². The van der Waals surface area contributed by atoms with Gasteiger partial charge in [0.1, 0.15) is 5.37 Å². The Morgan fingerprint density at radius 1 is 1.13 bits per heavy atom. The second kappa shape index (κ2) is 5.67. The molecule has 116 valence electrons. The van der Waals surface area contributed by atoms with E-state index in [2.05, 4.69) is 27.8 Å². The predicted octanol–water partition coefficient (Wildman–Crippen LogP) is 1.70. The van der Waals surface area contributed by atoms with Crippen LogP contribution in [0.4, 0.5) is 5.69 Å². The number of nitrogens with one attached hydrogen (secondary N) is 2. The Kier molecular flexibility index (Phi) is 3.50. The zero-order chi connectivity index (χ0) is 15.8. The van der Waals surface area contributed by atoms with E-state index in [-0.39, 0.29) is 11.1 Å². The molecule has 2 aromatic carbocycles. The first-order valence-corrected chi connectivity index (χ1v) is 7.87. The number of hydrogen-bond acceptors (Lipinski definition) is 6. The van der Waals surface area contributed by atoms with Gasteiger partial charge in [0.25, 0.3) is 0 Å². The van der Waals surface area contributed by atoms with Gasteiger partial charge in [0.15, 0.2) is 11.5 Å². The first kappa shape index (κ1) is 14.2. The van der Waals surface area contributed by atoms with Crippen LogP contribution in [0.25, 0.3) is 11.4 Å². The average molecular weight is 327 g/mol. The Balaban J connectivity index is 1.67. The largest absolute Gasteiger partial charge is 0.595 e. The van der Waals surface area contributed by atoms with E-state index in [0.717, 1.165) is 10.7 Å². The van der Waals surface area contributed by atoms with Crippen LogP contribution in [-0.4, -0.2) is 20.1 Å². The molecule has 7 nitrogen and oxygen atoms in total. The molecule has 2 unspecified atom stereocenters. The number of thioether (sulfide) groups is 1. The highest BCUT2D eigenvalue weighted by atomic mass is 32.2. The van der Waals surface area contributed by atoms with Crippen LogP contribution < -0.4 is 10.7 Å². The van der Waals surface area contributed by atoms with Gasteiger partial charge in [-0.2, -0.15) is 5.23 Å². The van der Waals surface area contributed by atoms with Gasteiger partial charge in [-0.15, -0.1) is 10.2 Å². The van der Waals surface area contributed by atoms with Crippen LogP contribution >= 0.6 is 11.8 Å². The number of fused-ring (bicyclic) bond motifs is 1. The van der Waals surface area contributed by atoms with Gasteiger partial charge in [0.2, 0.25) is 5.16 Å². The zero-order valence-electron chi connectivity index (χ0n) is 11.9. The van der Waals surface area contributed by atoms with Crippen molar-refractivity contribution in [1.29, 1.82) is 0 Å². The molecule has 1 aromatic heterocycles. The molecule has 0 fully saturated rings. The molecule has 0 bridgehead atoms. The van der Waals surface area contributed by atoms with Crippen LogP contribution in [0.15, 0.2) is 59.8 Å². The van der Waals surface area contributed by atoms with E-state index in [9.17, 15) is 5.21 Å². The Bertz CT molecular complexity index is 837. The molecule has 1 aliphatic rings. The van der Waals surface area contributed by atoms with Crippen molar-refractivity contribution in [3.8, 4) is 11.4 Å². The molecule has 23 heavy (non-hydrogen) atoms. The fourth-order valence-electron chi connectivity index (χ4n) is 2.46. The second-order valence-corrected chi connectivity index (χ2v) is 6.14. The van der Waals surface area contributed by atoms with Crippen molar-refractivity contribution in [3.05, 3.63) is 65.4 Å². The highest BCUT2D eigenvalue weighted by Gasteiger charge is 2.28. The fraction of sp³-hybridized carbons (Fsp3) is 0.0667. The Morgan fingerprint density at radius 3 is 2.74 bits per heavy atom. The van der Waals surface area contributed by atoms with Gasteiger partial charge in [-0.25, -0.2) is 9.88 Å². The third kappa shape index (κ3) is 2.57. The van der Waals surface area contributed by atoms with Crippen molar-refractivity contribution in [2.75, 3.05) is 5.43 Å². The van der Waals surface area contributed by atoms with E-state index in [1.807, 2.05) is 28.9 Å². The summed E-state index contributed by atoms with van der Waals surface area (Å²) in [5.41, 5.74) is 5.44. The number of nitrogens with zero attached hydrogens (tertiary/aromatic N) is 3. The number of quaternary nitrogens is 1. The highest BCUT2D eigenvalue weighted by Crippen LogP contribution is 2.40. The van der Waals surface area contributed by atoms with Crippen molar-refractivity contribution in [3.63, 3.8) is 0 Å². The van der Waals surface area contributed by atoms with E-state index >= 15 is 0 Å². The van der Waals surface area contributed by atoms with Crippen molar-refractivity contribution in [1.82, 2.24) is 14.9 Å². The van der Waals surface area contributed by atoms with E-state index in [1.165, 1.54) is 0 Å². The summed E-state index contributed by atoms with van der Waals surface area (Å²) in [5, 5.41) is 28.5. The molecule has 2 heterocycles. The average Bonchev–Trinajstić information content (AvgIpc) is 3.16. The molecule has 0 radical (unpaired) electrons. The van der Waals surface area contributed by atoms with Crippen LogP contribution in [0.1, 0.15) is 10.9 Å². The predicted molar refractivity (Wildman–Crippen MR) is 85.6 cm³/mol. The molecule has 0 spiro atoms. The lowest BCUT2D eigenvalue weighted by molar-refractivity contribution is -0.991. The summed E-state index contributed by atoms with van der Waals surface area (Å²) < 4.78 is 1.81. The standard InChI is InChI=1S/C15H13N5O2S/c21-20(22)12-8-4-7-11(9-12)13-16-17-15-19(13)18-14(23-15)10-5-2-1-3-6-10/h1-9,14,18,20-21H. The summed E-state index contributed by atoms with van der Waals surface area (Å²) >= 11 is 1.58. The lowest BCUT2D eigenvalue weighted by Gasteiger charge is -2.13. The van der Waals surface area contributed by atoms with Gasteiger partial charge < -0.3 is 10.6 Å². The van der Waals surface area contributed by atoms with Crippen LogP contribution in [0.2, 0.25) is 0 Å². The summed E-state index contributed by atoms with van der Waals surface area (Å²) in [6, 6.07) is 16.8. The number of hydrogen-bond donors (Lipinski definition) is 3. The fourth-order valence-corrected chi connectivity index (χ4v) is 3.46. The minimum absolute atomic E-state index is 0.0584. The third-order valence-electron chi connectivity index (χ3n) is 3.57. The lowest BCUT2D eigenvalue weighted by Crippen LogP contribution is -2.99. The summed E-state index contributed by atoms with van der Waals surface area (Å²) in [4.78, 5) is 0. The second-order valence-electron chi connectivity index (χ2n) is 5.07. The van der Waals surface area contributed by atoms with Crippen LogP contribution in [0.3, 0.4) is 0 Å². The number of rotatable bonds is 3. The minimum Gasteiger partial charge on any atom is -0.595 e. The Hall–Kier alpha value is -2.39. The van der Waals surface area contributed by atoms with E-state index in [0.29, 0.717) is 11.4 Å². The maximum absolute atomic E-state index is 11.1. The summed E-state index contributed by atoms with van der Waals surface area (Å²) in [7, 11) is 0. The first-order chi connectivity index (χ1) is 11.2. The molecule has 2 atom stereocenters. The van der Waals surface area contributed by atoms with Gasteiger partial charge in [0.05, 0.1) is 0 Å². The highest BCUT2D eigenvalue weighted by molar-refractivity contribution is 7.99. The normalized spacial score (nSPS) is 17.6. The number of aromatic nitrogens is 3. The van der Waals surface area contributed by atoms with Crippen LogP contribution in [0, 0.1) is 5.21 Å². The monoisotopic (exact) mass is 327 g/mol. The topological polar surface area (TPSA) is 90.5 Å². The Morgan fingerprint density at radius 2 is 1.96 bits per heavy atom. The lowest BCUT2D eigenvalue weighted by atomic mass is 10.2. The molecule has 0 saturated carbocycles. The SMILES string of the molecule is [O-][NH+](O)c1cccc(-c2nnc3n2NC(c2ccccc2)S3)c1. The van der Waals surface area contributed by atoms with Gasteiger partial charge in [-0.05, 0) is 5.56 Å². The zero-order valence-corrected chi connectivity index (χ0v) is 12.7. The molecular formula is C15H13N5O2S. The molecule has 3 N–H and O–H groups in total. The smallest absolute Gasteiger partial charge is 0.212 e. The molecule has 0 saturated heterocycles. The molecule has 3 aromatic rings. The summed E-state index contributed by atoms with van der Waals surface area (Å²) in [5.74, 6) is 0.606. The van der Waals surface area contributed by atoms with E-state index < -0.39 is 5.23 Å². The third-order valence-corrected chi connectivity index (χ3v) is 4.66. The van der Waals surface area contributed by atoms with Crippen molar-refractivity contribution in [2.24, 2.45) is 0 Å². The maximum Gasteiger partial charge on any atom is 0.212 e. The molecule has 1 aliphatic heterocycles. The maximum atomic E-state index is 11.1. The summed E-state index contributed by atoms with van der Waals surface area (Å²) in [6.07, 6.45) is 0. The van der Waals surface area contributed by atoms with Gasteiger partial charge >= 0.3 is 0 Å². The number of benzene rings is 2. The first-order valence-electron chi connectivity index (χ1n) is 6.99. The van der Waals surface area contributed by atoms with Crippen LogP contribution in [0.5, 0.6) is 0 Å². The molecule has 8 heteroatoms. The van der Waals surface area contributed by atoms with Crippen molar-refractivity contribution >= 4 is 17.4 Å². The van der Waals surface area contributed by atoms with Crippen molar-refractivity contribution < 1.29 is 10.4 Å². The molecule has 4 rings (SSSR count). The molecular weight excluding hydrogens is 314 g/mol. The Labute approximate surface area is 136 Å². The van der Waals surface area contributed by atoms with Crippen molar-refractivity contribution in [2.45, 2.75) is 10.5 Å². The minimum atomic E-state index is -0.961. The quantitative estimate of drug-likeness (QED) is 0.634. The van der Waals surface area contributed by atoms with Crippen LogP contribution in [-0.2, 0) is 0 Å². The van der Waals surface area contributed by atoms with E-state index in [1.54, 1.807) is 30.0 Å². The summed E-state index contributed by atoms with van der Waals surface area (Å²) in [6.45, 7) is 0. The van der Waals surface area contributed by atoms with Gasteiger partial charge in [0, 0.05) is 17.7 Å². The molecule has 0 aliphatic carbocycles.